The Bertz CT molecular complexity index is 775. The molecule has 0 saturated carbocycles. The largest absolute Gasteiger partial charge is 0.347 e. The van der Waals surface area contributed by atoms with E-state index >= 15 is 0 Å². The van der Waals surface area contributed by atoms with Crippen molar-refractivity contribution in [2.45, 2.75) is 6.92 Å². The van der Waals surface area contributed by atoms with E-state index in [-0.39, 0.29) is 24.1 Å². The molecule has 0 spiro atoms. The van der Waals surface area contributed by atoms with E-state index in [0.717, 1.165) is 0 Å². The van der Waals surface area contributed by atoms with Gasteiger partial charge in [-0.25, -0.2) is 0 Å². The molecule has 24 heavy (non-hydrogen) atoms. The van der Waals surface area contributed by atoms with Crippen molar-refractivity contribution in [1.82, 2.24) is 5.32 Å². The minimum Gasteiger partial charge on any atom is -0.347 e. The molecule has 0 bridgehead atoms. The van der Waals surface area contributed by atoms with Crippen LogP contribution in [-0.2, 0) is 9.59 Å². The number of nitrogens with one attached hydrogen (secondary N) is 1. The van der Waals surface area contributed by atoms with E-state index in [4.69, 9.17) is 11.6 Å². The molecule has 0 unspecified atom stereocenters. The SMILES string of the molecule is CC(=O)NCC(=O)N(C)c1ccc(Cl)cc1C(=O)c1ccccc1. The van der Waals surface area contributed by atoms with Crippen LogP contribution in [0.2, 0.25) is 5.02 Å². The summed E-state index contributed by atoms with van der Waals surface area (Å²) in [5.41, 5.74) is 1.26. The van der Waals surface area contributed by atoms with Crippen molar-refractivity contribution in [3.63, 3.8) is 0 Å². The number of amides is 2. The quantitative estimate of drug-likeness (QED) is 0.848. The summed E-state index contributed by atoms with van der Waals surface area (Å²) in [7, 11) is 1.55. The number of anilines is 1. The highest BCUT2D eigenvalue weighted by atomic mass is 35.5. The summed E-state index contributed by atoms with van der Waals surface area (Å²) in [6.45, 7) is 1.19. The Balaban J connectivity index is 2.35. The molecule has 0 aromatic heterocycles. The molecule has 2 aromatic carbocycles. The zero-order valence-corrected chi connectivity index (χ0v) is 14.1. The van der Waals surface area contributed by atoms with Gasteiger partial charge in [0.1, 0.15) is 0 Å². The van der Waals surface area contributed by atoms with E-state index in [2.05, 4.69) is 5.32 Å². The van der Waals surface area contributed by atoms with Crippen LogP contribution in [0.15, 0.2) is 48.5 Å². The van der Waals surface area contributed by atoms with Crippen LogP contribution in [-0.4, -0.2) is 31.2 Å². The molecule has 0 aliphatic rings. The maximum absolute atomic E-state index is 12.7. The molecule has 0 fully saturated rings. The van der Waals surface area contributed by atoms with Gasteiger partial charge in [-0.05, 0) is 18.2 Å². The first kappa shape index (κ1) is 17.7. The van der Waals surface area contributed by atoms with Crippen molar-refractivity contribution in [3.05, 3.63) is 64.7 Å². The van der Waals surface area contributed by atoms with Crippen LogP contribution >= 0.6 is 11.6 Å². The van der Waals surface area contributed by atoms with Crippen LogP contribution in [0.5, 0.6) is 0 Å². The third kappa shape index (κ3) is 4.20. The number of carbonyl (C=O) groups is 3. The lowest BCUT2D eigenvalue weighted by Crippen LogP contribution is -2.38. The number of hydrogen-bond donors (Lipinski definition) is 1. The van der Waals surface area contributed by atoms with Gasteiger partial charge in [0.05, 0.1) is 12.2 Å². The van der Waals surface area contributed by atoms with Crippen LogP contribution < -0.4 is 10.2 Å². The van der Waals surface area contributed by atoms with Crippen molar-refractivity contribution in [2.75, 3.05) is 18.5 Å². The second-order valence-corrected chi connectivity index (χ2v) is 5.66. The predicted molar refractivity (Wildman–Crippen MR) is 93.4 cm³/mol. The lowest BCUT2D eigenvalue weighted by molar-refractivity contribution is -0.123. The molecular weight excluding hydrogens is 328 g/mol. The third-order valence-electron chi connectivity index (χ3n) is 3.46. The molecule has 124 valence electrons. The molecule has 0 heterocycles. The topological polar surface area (TPSA) is 66.5 Å². The molecule has 0 saturated heterocycles. The molecule has 2 aromatic rings. The Morgan fingerprint density at radius 2 is 1.75 bits per heavy atom. The van der Waals surface area contributed by atoms with Gasteiger partial charge in [-0.3, -0.25) is 14.4 Å². The molecule has 1 N–H and O–H groups in total. The molecule has 2 amide bonds. The highest BCUT2D eigenvalue weighted by Crippen LogP contribution is 2.26. The Hall–Kier alpha value is -2.66. The first-order valence-electron chi connectivity index (χ1n) is 7.30. The molecule has 2 rings (SSSR count). The fraction of sp³-hybridized carbons (Fsp3) is 0.167. The van der Waals surface area contributed by atoms with Gasteiger partial charge in [0.25, 0.3) is 0 Å². The van der Waals surface area contributed by atoms with E-state index in [1.54, 1.807) is 43.4 Å². The second-order valence-electron chi connectivity index (χ2n) is 5.22. The summed E-state index contributed by atoms with van der Waals surface area (Å²) in [4.78, 5) is 37.3. The normalized spacial score (nSPS) is 10.1. The molecule has 0 atom stereocenters. The standard InChI is InChI=1S/C18H17ClN2O3/c1-12(22)20-11-17(23)21(2)16-9-8-14(19)10-15(16)18(24)13-6-4-3-5-7-13/h3-10H,11H2,1-2H3,(H,20,22). The summed E-state index contributed by atoms with van der Waals surface area (Å²) in [5, 5.41) is 2.85. The van der Waals surface area contributed by atoms with Gasteiger partial charge in [-0.15, -0.1) is 0 Å². The minimum absolute atomic E-state index is 0.145. The number of nitrogens with zero attached hydrogens (tertiary/aromatic N) is 1. The first-order chi connectivity index (χ1) is 11.4. The fourth-order valence-electron chi connectivity index (χ4n) is 2.18. The zero-order chi connectivity index (χ0) is 17.7. The van der Waals surface area contributed by atoms with E-state index in [1.807, 2.05) is 6.07 Å². The van der Waals surface area contributed by atoms with Crippen molar-refractivity contribution in [3.8, 4) is 0 Å². The van der Waals surface area contributed by atoms with Gasteiger partial charge < -0.3 is 10.2 Å². The maximum Gasteiger partial charge on any atom is 0.246 e. The fourth-order valence-corrected chi connectivity index (χ4v) is 2.35. The van der Waals surface area contributed by atoms with Crippen LogP contribution in [0, 0.1) is 0 Å². The van der Waals surface area contributed by atoms with Gasteiger partial charge in [-0.2, -0.15) is 0 Å². The Morgan fingerprint density at radius 3 is 2.38 bits per heavy atom. The average Bonchev–Trinajstić information content (AvgIpc) is 2.59. The Morgan fingerprint density at radius 1 is 1.08 bits per heavy atom. The predicted octanol–water partition coefficient (Wildman–Crippen LogP) is 2.67. The van der Waals surface area contributed by atoms with Crippen molar-refractivity contribution in [1.29, 1.82) is 0 Å². The molecule has 6 heteroatoms. The molecule has 0 aliphatic carbocycles. The number of likely N-dealkylation sites (N-methyl/N-ethyl adjacent to an activating group) is 1. The summed E-state index contributed by atoms with van der Waals surface area (Å²) >= 11 is 6.02. The maximum atomic E-state index is 12.7. The summed E-state index contributed by atoms with van der Waals surface area (Å²) < 4.78 is 0. The molecule has 0 radical (unpaired) electrons. The highest BCUT2D eigenvalue weighted by molar-refractivity contribution is 6.31. The highest BCUT2D eigenvalue weighted by Gasteiger charge is 2.20. The Labute approximate surface area is 145 Å². The number of hydrogen-bond acceptors (Lipinski definition) is 3. The minimum atomic E-state index is -0.338. The van der Waals surface area contributed by atoms with Gasteiger partial charge in [0.15, 0.2) is 5.78 Å². The summed E-state index contributed by atoms with van der Waals surface area (Å²) in [6.07, 6.45) is 0. The smallest absolute Gasteiger partial charge is 0.246 e. The monoisotopic (exact) mass is 344 g/mol. The van der Waals surface area contributed by atoms with E-state index in [1.165, 1.54) is 17.9 Å². The Kier molecular flexibility index (Phi) is 5.71. The number of carbonyl (C=O) groups excluding carboxylic acids is 3. The summed E-state index contributed by atoms with van der Waals surface area (Å²) in [6, 6.07) is 13.5. The zero-order valence-electron chi connectivity index (χ0n) is 13.4. The lowest BCUT2D eigenvalue weighted by Gasteiger charge is -2.20. The first-order valence-corrected chi connectivity index (χ1v) is 7.68. The van der Waals surface area contributed by atoms with Gasteiger partial charge in [0.2, 0.25) is 11.8 Å². The van der Waals surface area contributed by atoms with Crippen LogP contribution in [0.3, 0.4) is 0 Å². The van der Waals surface area contributed by atoms with Crippen molar-refractivity contribution in [2.24, 2.45) is 0 Å². The average molecular weight is 345 g/mol. The van der Waals surface area contributed by atoms with E-state index < -0.39 is 0 Å². The van der Waals surface area contributed by atoms with Gasteiger partial charge in [-0.1, -0.05) is 41.9 Å². The van der Waals surface area contributed by atoms with E-state index in [9.17, 15) is 14.4 Å². The van der Waals surface area contributed by atoms with E-state index in [0.29, 0.717) is 21.8 Å². The molecular formula is C18H17ClN2O3. The van der Waals surface area contributed by atoms with Crippen LogP contribution in [0.1, 0.15) is 22.8 Å². The van der Waals surface area contributed by atoms with Gasteiger partial charge >= 0.3 is 0 Å². The number of halogens is 1. The number of ketones is 1. The number of benzene rings is 2. The van der Waals surface area contributed by atoms with Crippen LogP contribution in [0.25, 0.3) is 0 Å². The number of rotatable bonds is 5. The second kappa shape index (κ2) is 7.75. The van der Waals surface area contributed by atoms with Crippen molar-refractivity contribution < 1.29 is 14.4 Å². The van der Waals surface area contributed by atoms with Gasteiger partial charge in [0, 0.05) is 30.1 Å². The van der Waals surface area contributed by atoms with Crippen molar-refractivity contribution >= 4 is 34.9 Å². The van der Waals surface area contributed by atoms with Crippen LogP contribution in [0.4, 0.5) is 5.69 Å². The molecule has 5 nitrogen and oxygen atoms in total. The molecule has 0 aliphatic heterocycles. The lowest BCUT2D eigenvalue weighted by atomic mass is 10.0. The third-order valence-corrected chi connectivity index (χ3v) is 3.70. The summed E-state index contributed by atoms with van der Waals surface area (Å²) in [5.74, 6) is -0.865.